The number of hydrogen-bond acceptors (Lipinski definition) is 2. The van der Waals surface area contributed by atoms with Gasteiger partial charge < -0.3 is 11.1 Å². The average molecular weight is 184 g/mol. The van der Waals surface area contributed by atoms with Gasteiger partial charge in [-0.15, -0.1) is 0 Å². The van der Waals surface area contributed by atoms with Gasteiger partial charge in [0.2, 0.25) is 5.91 Å². The first-order valence-corrected chi connectivity index (χ1v) is 5.23. The highest BCUT2D eigenvalue weighted by molar-refractivity contribution is 5.76. The molecule has 76 valence electrons. The number of nitrogens with two attached hydrogens (primary N) is 1. The molecule has 1 atom stereocenters. The van der Waals surface area contributed by atoms with Crippen LogP contribution in [0.2, 0.25) is 0 Å². The van der Waals surface area contributed by atoms with Crippen LogP contribution in [-0.4, -0.2) is 18.5 Å². The van der Waals surface area contributed by atoms with Crippen LogP contribution in [-0.2, 0) is 4.79 Å². The first kappa shape index (κ1) is 10.5. The third-order valence-corrected chi connectivity index (χ3v) is 2.58. The maximum Gasteiger partial charge on any atom is 0.220 e. The zero-order valence-electron chi connectivity index (χ0n) is 8.38. The molecule has 0 saturated heterocycles. The number of carbonyl (C=O) groups is 1. The summed E-state index contributed by atoms with van der Waals surface area (Å²) in [5.41, 5.74) is 5.34. The van der Waals surface area contributed by atoms with Crippen molar-refractivity contribution in [2.45, 2.75) is 45.1 Å². The molecule has 0 radical (unpaired) electrons. The summed E-state index contributed by atoms with van der Waals surface area (Å²) < 4.78 is 0. The minimum atomic E-state index is 0.188. The van der Waals surface area contributed by atoms with Crippen molar-refractivity contribution < 1.29 is 4.79 Å². The maximum absolute atomic E-state index is 11.3. The molecule has 0 aromatic carbocycles. The van der Waals surface area contributed by atoms with Crippen molar-refractivity contribution in [1.82, 2.24) is 5.32 Å². The van der Waals surface area contributed by atoms with E-state index in [-0.39, 0.29) is 5.91 Å². The Bertz CT molecular complexity index is 166. The second-order valence-corrected chi connectivity index (χ2v) is 3.94. The van der Waals surface area contributed by atoms with E-state index in [4.69, 9.17) is 5.73 Å². The third-order valence-electron chi connectivity index (χ3n) is 2.58. The van der Waals surface area contributed by atoms with Crippen molar-refractivity contribution in [2.24, 2.45) is 11.7 Å². The van der Waals surface area contributed by atoms with Crippen LogP contribution in [0.3, 0.4) is 0 Å². The van der Waals surface area contributed by atoms with E-state index >= 15 is 0 Å². The van der Waals surface area contributed by atoms with Crippen LogP contribution in [0.15, 0.2) is 0 Å². The Morgan fingerprint density at radius 1 is 1.54 bits per heavy atom. The smallest absolute Gasteiger partial charge is 0.220 e. The highest BCUT2D eigenvalue weighted by Gasteiger charge is 2.28. The molecular formula is C10H20N2O. The molecule has 1 fully saturated rings. The predicted molar refractivity (Wildman–Crippen MR) is 53.2 cm³/mol. The van der Waals surface area contributed by atoms with Gasteiger partial charge in [-0.05, 0) is 45.1 Å². The Kier molecular flexibility index (Phi) is 4.22. The fourth-order valence-corrected chi connectivity index (χ4v) is 1.47. The van der Waals surface area contributed by atoms with E-state index in [1.54, 1.807) is 0 Å². The summed E-state index contributed by atoms with van der Waals surface area (Å²) in [4.78, 5) is 11.3. The molecule has 0 spiro atoms. The van der Waals surface area contributed by atoms with Crippen molar-refractivity contribution in [1.29, 1.82) is 0 Å². The zero-order chi connectivity index (χ0) is 9.68. The Morgan fingerprint density at radius 2 is 2.23 bits per heavy atom. The number of hydrogen-bond donors (Lipinski definition) is 2. The molecule has 1 aliphatic rings. The normalized spacial score (nSPS) is 18.3. The predicted octanol–water partition coefficient (Wildman–Crippen LogP) is 1.03. The van der Waals surface area contributed by atoms with E-state index in [1.165, 1.54) is 12.8 Å². The van der Waals surface area contributed by atoms with Crippen LogP contribution >= 0.6 is 0 Å². The monoisotopic (exact) mass is 184 g/mol. The summed E-state index contributed by atoms with van der Waals surface area (Å²) in [7, 11) is 0. The Hall–Kier alpha value is -0.570. The summed E-state index contributed by atoms with van der Waals surface area (Å²) in [5, 5.41) is 3.02. The summed E-state index contributed by atoms with van der Waals surface area (Å²) in [6.45, 7) is 2.78. The molecule has 1 aliphatic carbocycles. The second-order valence-electron chi connectivity index (χ2n) is 3.94. The number of nitrogens with one attached hydrogen (secondary N) is 1. The van der Waals surface area contributed by atoms with Crippen LogP contribution in [0, 0.1) is 5.92 Å². The minimum absolute atomic E-state index is 0.188. The molecule has 0 bridgehead atoms. The van der Waals surface area contributed by atoms with Crippen LogP contribution in [0.25, 0.3) is 0 Å². The molecule has 0 aliphatic heterocycles. The quantitative estimate of drug-likeness (QED) is 0.606. The van der Waals surface area contributed by atoms with Crippen LogP contribution in [0.5, 0.6) is 0 Å². The van der Waals surface area contributed by atoms with Crippen molar-refractivity contribution in [2.75, 3.05) is 6.54 Å². The third kappa shape index (κ3) is 4.27. The standard InChI is InChI=1S/C10H20N2O/c1-8(9-5-6-9)12-10(13)4-2-3-7-11/h8-9H,2-7,11H2,1H3,(H,12,13). The van der Waals surface area contributed by atoms with Crippen molar-refractivity contribution in [3.05, 3.63) is 0 Å². The van der Waals surface area contributed by atoms with Crippen LogP contribution < -0.4 is 11.1 Å². The van der Waals surface area contributed by atoms with E-state index in [0.29, 0.717) is 19.0 Å². The van der Waals surface area contributed by atoms with Gasteiger partial charge in [-0.3, -0.25) is 4.79 Å². The van der Waals surface area contributed by atoms with Crippen LogP contribution in [0.1, 0.15) is 39.0 Å². The molecule has 3 nitrogen and oxygen atoms in total. The van der Waals surface area contributed by atoms with Gasteiger partial charge >= 0.3 is 0 Å². The average Bonchev–Trinajstić information content (AvgIpc) is 2.86. The van der Waals surface area contributed by atoms with E-state index in [9.17, 15) is 4.79 Å². The Balaban J connectivity index is 2.02. The molecule has 0 aromatic heterocycles. The molecule has 1 amide bonds. The summed E-state index contributed by atoms with van der Waals surface area (Å²) in [5.74, 6) is 0.936. The van der Waals surface area contributed by atoms with Gasteiger partial charge in [0.05, 0.1) is 0 Å². The number of rotatable bonds is 6. The van der Waals surface area contributed by atoms with Crippen molar-refractivity contribution in [3.63, 3.8) is 0 Å². The number of amides is 1. The van der Waals surface area contributed by atoms with E-state index < -0.39 is 0 Å². The first-order chi connectivity index (χ1) is 6.24. The maximum atomic E-state index is 11.3. The van der Waals surface area contributed by atoms with Gasteiger partial charge in [-0.1, -0.05) is 0 Å². The molecule has 13 heavy (non-hydrogen) atoms. The topological polar surface area (TPSA) is 55.1 Å². The van der Waals surface area contributed by atoms with Gasteiger partial charge in [0.15, 0.2) is 0 Å². The van der Waals surface area contributed by atoms with Crippen molar-refractivity contribution in [3.8, 4) is 0 Å². The zero-order valence-corrected chi connectivity index (χ0v) is 8.38. The number of carbonyl (C=O) groups excluding carboxylic acids is 1. The van der Waals surface area contributed by atoms with Gasteiger partial charge in [-0.2, -0.15) is 0 Å². The number of unbranched alkanes of at least 4 members (excludes halogenated alkanes) is 1. The lowest BCUT2D eigenvalue weighted by Crippen LogP contribution is -2.33. The van der Waals surface area contributed by atoms with Gasteiger partial charge in [0.25, 0.3) is 0 Å². The molecule has 3 N–H and O–H groups in total. The molecular weight excluding hydrogens is 164 g/mol. The summed E-state index contributed by atoms with van der Waals surface area (Å²) in [6, 6.07) is 0.380. The van der Waals surface area contributed by atoms with Crippen molar-refractivity contribution >= 4 is 5.91 Å². The lowest BCUT2D eigenvalue weighted by Gasteiger charge is -2.12. The highest BCUT2D eigenvalue weighted by Crippen LogP contribution is 2.32. The fraction of sp³-hybridized carbons (Fsp3) is 0.900. The summed E-state index contributed by atoms with van der Waals surface area (Å²) >= 11 is 0. The lowest BCUT2D eigenvalue weighted by molar-refractivity contribution is -0.121. The largest absolute Gasteiger partial charge is 0.353 e. The Labute approximate surface area is 80.1 Å². The molecule has 1 saturated carbocycles. The van der Waals surface area contributed by atoms with E-state index in [2.05, 4.69) is 12.2 Å². The van der Waals surface area contributed by atoms with Gasteiger partial charge in [0, 0.05) is 12.5 Å². The Morgan fingerprint density at radius 3 is 2.77 bits per heavy atom. The highest BCUT2D eigenvalue weighted by atomic mass is 16.1. The van der Waals surface area contributed by atoms with Gasteiger partial charge in [-0.25, -0.2) is 0 Å². The second kappa shape index (κ2) is 5.22. The van der Waals surface area contributed by atoms with Gasteiger partial charge in [0.1, 0.15) is 0 Å². The molecule has 3 heteroatoms. The SMILES string of the molecule is CC(NC(=O)CCCCN)C1CC1. The van der Waals surface area contributed by atoms with E-state index in [1.807, 2.05) is 0 Å². The molecule has 1 unspecified atom stereocenters. The first-order valence-electron chi connectivity index (χ1n) is 5.23. The molecule has 1 rings (SSSR count). The fourth-order valence-electron chi connectivity index (χ4n) is 1.47. The van der Waals surface area contributed by atoms with E-state index in [0.717, 1.165) is 18.8 Å². The van der Waals surface area contributed by atoms with Crippen LogP contribution in [0.4, 0.5) is 0 Å². The lowest BCUT2D eigenvalue weighted by atomic mass is 10.2. The summed E-state index contributed by atoms with van der Waals surface area (Å²) in [6.07, 6.45) is 5.06. The molecule has 0 aromatic rings. The molecule has 0 heterocycles. The minimum Gasteiger partial charge on any atom is -0.353 e.